The third-order valence-corrected chi connectivity index (χ3v) is 6.47. The van der Waals surface area contributed by atoms with Crippen LogP contribution in [0.25, 0.3) is 0 Å². The second-order valence-electron chi connectivity index (χ2n) is 7.85. The smallest absolute Gasteiger partial charge is 0.264 e. The van der Waals surface area contributed by atoms with Crippen LogP contribution in [0.2, 0.25) is 0 Å². The van der Waals surface area contributed by atoms with Gasteiger partial charge < -0.3 is 14.7 Å². The first-order valence-electron chi connectivity index (χ1n) is 9.63. The standard InChI is InChI=1S/C20H25BrN4O3/c1-12-8-16-18(17(21)9-12)24(3)19(27)20(16)13(2)10-15(28-20)4-6-25-11-14(5-7-26)22-23-25/h8-9,11,13,15,26H,4-7,10H2,1-3H3/t13-,15+,20+/m0/s1. The van der Waals surface area contributed by atoms with Crippen molar-refractivity contribution in [3.8, 4) is 0 Å². The lowest BCUT2D eigenvalue weighted by Gasteiger charge is -2.27. The lowest BCUT2D eigenvalue weighted by atomic mass is 9.82. The minimum Gasteiger partial charge on any atom is -0.396 e. The number of rotatable bonds is 5. The van der Waals surface area contributed by atoms with Crippen molar-refractivity contribution >= 4 is 27.5 Å². The van der Waals surface area contributed by atoms with Crippen LogP contribution >= 0.6 is 15.9 Å². The van der Waals surface area contributed by atoms with E-state index in [9.17, 15) is 4.79 Å². The topological polar surface area (TPSA) is 80.5 Å². The Morgan fingerprint density at radius 2 is 2.21 bits per heavy atom. The summed E-state index contributed by atoms with van der Waals surface area (Å²) in [6, 6.07) is 4.12. The number of anilines is 1. The van der Waals surface area contributed by atoms with Crippen LogP contribution in [0.1, 0.15) is 36.6 Å². The van der Waals surface area contributed by atoms with Gasteiger partial charge >= 0.3 is 0 Å². The number of hydrogen-bond acceptors (Lipinski definition) is 5. The molecule has 4 rings (SSSR count). The Bertz CT molecular complexity index is 915. The number of aromatic nitrogens is 3. The van der Waals surface area contributed by atoms with Gasteiger partial charge in [0, 0.05) is 48.8 Å². The molecule has 1 saturated heterocycles. The van der Waals surface area contributed by atoms with Crippen molar-refractivity contribution in [2.75, 3.05) is 18.6 Å². The Labute approximate surface area is 172 Å². The van der Waals surface area contributed by atoms with Gasteiger partial charge in [-0.1, -0.05) is 18.2 Å². The fourth-order valence-electron chi connectivity index (χ4n) is 4.53. The van der Waals surface area contributed by atoms with E-state index in [1.165, 1.54) is 0 Å². The molecule has 1 fully saturated rings. The fourth-order valence-corrected chi connectivity index (χ4v) is 5.37. The zero-order chi connectivity index (χ0) is 20.1. The summed E-state index contributed by atoms with van der Waals surface area (Å²) < 4.78 is 9.21. The molecule has 1 spiro atoms. The van der Waals surface area contributed by atoms with Gasteiger partial charge in [-0.2, -0.15) is 0 Å². The van der Waals surface area contributed by atoms with Crippen molar-refractivity contribution in [1.29, 1.82) is 0 Å². The summed E-state index contributed by atoms with van der Waals surface area (Å²) in [5.41, 5.74) is 2.85. The second-order valence-corrected chi connectivity index (χ2v) is 8.71. The number of likely N-dealkylation sites (N-methyl/N-ethyl adjacent to an activating group) is 1. The number of amides is 1. The van der Waals surface area contributed by atoms with E-state index in [1.807, 2.05) is 26.2 Å². The molecule has 7 nitrogen and oxygen atoms in total. The molecule has 3 atom stereocenters. The lowest BCUT2D eigenvalue weighted by molar-refractivity contribution is -0.145. The molecule has 3 heterocycles. The van der Waals surface area contributed by atoms with Gasteiger partial charge in [0.1, 0.15) is 0 Å². The molecule has 0 unspecified atom stereocenters. The minimum atomic E-state index is -0.909. The highest BCUT2D eigenvalue weighted by atomic mass is 79.9. The Kier molecular flexibility index (Phi) is 5.05. The predicted octanol–water partition coefficient (Wildman–Crippen LogP) is 2.57. The molecular weight excluding hydrogens is 424 g/mol. The largest absolute Gasteiger partial charge is 0.396 e. The maximum Gasteiger partial charge on any atom is 0.264 e. The summed E-state index contributed by atoms with van der Waals surface area (Å²) in [6.45, 7) is 4.87. The van der Waals surface area contributed by atoms with Gasteiger partial charge in [-0.25, -0.2) is 0 Å². The summed E-state index contributed by atoms with van der Waals surface area (Å²) in [6.07, 6.45) is 3.92. The molecule has 8 heteroatoms. The number of nitrogens with zero attached hydrogens (tertiary/aromatic N) is 4. The summed E-state index contributed by atoms with van der Waals surface area (Å²) in [4.78, 5) is 15.0. The minimum absolute atomic E-state index is 0.00906. The quantitative estimate of drug-likeness (QED) is 0.759. The number of aliphatic hydroxyl groups is 1. The van der Waals surface area contributed by atoms with E-state index in [0.717, 1.165) is 39.8 Å². The predicted molar refractivity (Wildman–Crippen MR) is 108 cm³/mol. The number of halogens is 1. The van der Waals surface area contributed by atoms with Gasteiger partial charge in [-0.15, -0.1) is 5.10 Å². The number of carbonyl (C=O) groups is 1. The van der Waals surface area contributed by atoms with E-state index in [1.54, 1.807) is 9.58 Å². The number of hydrogen-bond donors (Lipinski definition) is 1. The molecule has 1 aromatic heterocycles. The highest BCUT2D eigenvalue weighted by Crippen LogP contribution is 2.55. The van der Waals surface area contributed by atoms with E-state index < -0.39 is 5.60 Å². The number of ether oxygens (including phenoxy) is 1. The van der Waals surface area contributed by atoms with Crippen molar-refractivity contribution in [2.45, 2.75) is 51.4 Å². The first-order valence-corrected chi connectivity index (χ1v) is 10.4. The van der Waals surface area contributed by atoms with E-state index in [4.69, 9.17) is 9.84 Å². The summed E-state index contributed by atoms with van der Waals surface area (Å²) in [5.74, 6) is 0.0953. The zero-order valence-corrected chi connectivity index (χ0v) is 17.9. The molecule has 2 aromatic rings. The summed E-state index contributed by atoms with van der Waals surface area (Å²) >= 11 is 3.62. The average molecular weight is 449 g/mol. The van der Waals surface area contributed by atoms with Crippen molar-refractivity contribution in [1.82, 2.24) is 15.0 Å². The SMILES string of the molecule is Cc1cc(Br)c2c(c1)[C@@]1(O[C@H](CCn3cc(CCO)nn3)C[C@@H]1C)C(=O)N2C. The maximum atomic E-state index is 13.3. The highest BCUT2D eigenvalue weighted by molar-refractivity contribution is 9.10. The molecule has 28 heavy (non-hydrogen) atoms. The third kappa shape index (κ3) is 2.98. The van der Waals surface area contributed by atoms with E-state index >= 15 is 0 Å². The van der Waals surface area contributed by atoms with Gasteiger partial charge in [0.15, 0.2) is 5.60 Å². The molecule has 0 aliphatic carbocycles. The van der Waals surface area contributed by atoms with Crippen molar-refractivity contribution in [3.05, 3.63) is 39.6 Å². The number of benzene rings is 1. The number of aliphatic hydroxyl groups excluding tert-OH is 1. The molecule has 1 aromatic carbocycles. The Morgan fingerprint density at radius 1 is 1.43 bits per heavy atom. The van der Waals surface area contributed by atoms with Gasteiger partial charge in [0.25, 0.3) is 5.91 Å². The van der Waals surface area contributed by atoms with Crippen LogP contribution in [-0.4, -0.2) is 45.8 Å². The van der Waals surface area contributed by atoms with Crippen molar-refractivity contribution < 1.29 is 14.6 Å². The highest BCUT2D eigenvalue weighted by Gasteiger charge is 2.59. The van der Waals surface area contributed by atoms with Crippen LogP contribution < -0.4 is 4.90 Å². The Hall–Kier alpha value is -1.77. The molecule has 0 saturated carbocycles. The third-order valence-electron chi connectivity index (χ3n) is 5.86. The van der Waals surface area contributed by atoms with Crippen LogP contribution in [0.15, 0.2) is 22.8 Å². The van der Waals surface area contributed by atoms with Gasteiger partial charge in [0.05, 0.1) is 17.5 Å². The van der Waals surface area contributed by atoms with Crippen LogP contribution in [0.5, 0.6) is 0 Å². The van der Waals surface area contributed by atoms with Crippen LogP contribution in [0, 0.1) is 12.8 Å². The molecule has 1 amide bonds. The van der Waals surface area contributed by atoms with Gasteiger partial charge in [-0.3, -0.25) is 9.48 Å². The van der Waals surface area contributed by atoms with Crippen molar-refractivity contribution in [3.63, 3.8) is 0 Å². The summed E-state index contributed by atoms with van der Waals surface area (Å²) in [5, 5.41) is 17.2. The normalized spacial score (nSPS) is 26.5. The fraction of sp³-hybridized carbons (Fsp3) is 0.550. The number of fused-ring (bicyclic) bond motifs is 2. The molecular formula is C20H25BrN4O3. The van der Waals surface area contributed by atoms with Crippen LogP contribution in [0.3, 0.4) is 0 Å². The molecule has 150 valence electrons. The van der Waals surface area contributed by atoms with Gasteiger partial charge in [-0.05, 0) is 47.3 Å². The molecule has 1 N–H and O–H groups in total. The first-order chi connectivity index (χ1) is 13.4. The Morgan fingerprint density at radius 3 is 2.96 bits per heavy atom. The van der Waals surface area contributed by atoms with E-state index in [2.05, 4.69) is 39.2 Å². The van der Waals surface area contributed by atoms with Crippen LogP contribution in [0.4, 0.5) is 5.69 Å². The monoisotopic (exact) mass is 448 g/mol. The van der Waals surface area contributed by atoms with E-state index in [-0.39, 0.29) is 24.5 Å². The summed E-state index contributed by atoms with van der Waals surface area (Å²) in [7, 11) is 1.82. The molecule has 2 aliphatic heterocycles. The molecule has 0 bridgehead atoms. The number of aryl methyl sites for hydroxylation is 2. The zero-order valence-electron chi connectivity index (χ0n) is 16.4. The molecule has 2 aliphatic rings. The van der Waals surface area contributed by atoms with E-state index in [0.29, 0.717) is 13.0 Å². The Balaban J connectivity index is 1.56. The second kappa shape index (κ2) is 7.24. The number of carbonyl (C=O) groups excluding carboxylic acids is 1. The van der Waals surface area contributed by atoms with Crippen molar-refractivity contribution in [2.24, 2.45) is 5.92 Å². The maximum absolute atomic E-state index is 13.3. The lowest BCUT2D eigenvalue weighted by Crippen LogP contribution is -2.42. The first kappa shape index (κ1) is 19.5. The average Bonchev–Trinajstić information content (AvgIpc) is 3.28. The molecule has 0 radical (unpaired) electrons. The van der Waals surface area contributed by atoms with Gasteiger partial charge in [0.2, 0.25) is 0 Å². The van der Waals surface area contributed by atoms with Crippen LogP contribution in [-0.2, 0) is 28.1 Å².